The minimum atomic E-state index is -2.71. The predicted octanol–water partition coefficient (Wildman–Crippen LogP) is 3.51. The predicted molar refractivity (Wildman–Crippen MR) is 105 cm³/mol. The van der Waals surface area contributed by atoms with Crippen molar-refractivity contribution in [3.05, 3.63) is 30.0 Å². The molecule has 2 heterocycles. The van der Waals surface area contributed by atoms with Crippen LogP contribution in [0, 0.1) is 0 Å². The second-order valence-electron chi connectivity index (χ2n) is 6.64. The van der Waals surface area contributed by atoms with Crippen LogP contribution in [0.4, 0.5) is 8.78 Å². The van der Waals surface area contributed by atoms with Crippen molar-refractivity contribution in [2.45, 2.75) is 32.3 Å². The molecular formula is C19H28F2N2O3S. The van der Waals surface area contributed by atoms with Crippen molar-refractivity contribution in [3.63, 3.8) is 0 Å². The van der Waals surface area contributed by atoms with E-state index in [-0.39, 0.29) is 12.4 Å². The van der Waals surface area contributed by atoms with Gasteiger partial charge in [0.25, 0.3) is 0 Å². The zero-order valence-electron chi connectivity index (χ0n) is 15.6. The molecule has 0 bridgehead atoms. The molecule has 0 spiro atoms. The van der Waals surface area contributed by atoms with Crippen LogP contribution in [0.3, 0.4) is 0 Å². The Labute approximate surface area is 161 Å². The lowest BCUT2D eigenvalue weighted by Crippen LogP contribution is -2.26. The van der Waals surface area contributed by atoms with Gasteiger partial charge in [0, 0.05) is 52.5 Å². The second kappa shape index (κ2) is 11.4. The van der Waals surface area contributed by atoms with Gasteiger partial charge in [-0.25, -0.2) is 0 Å². The first kappa shape index (κ1) is 21.8. The zero-order valence-corrected chi connectivity index (χ0v) is 16.4. The molecule has 27 heavy (non-hydrogen) atoms. The highest BCUT2D eigenvalue weighted by molar-refractivity contribution is 7.85. The number of nitrogens with one attached hydrogen (secondary N) is 1. The summed E-state index contributed by atoms with van der Waals surface area (Å²) < 4.78 is 38.5. The molecule has 0 amide bonds. The number of phenols is 1. The number of benzene rings is 1. The van der Waals surface area contributed by atoms with Gasteiger partial charge in [0.2, 0.25) is 0 Å². The van der Waals surface area contributed by atoms with E-state index < -0.39 is 17.4 Å². The van der Waals surface area contributed by atoms with Crippen LogP contribution in [0.2, 0.25) is 0 Å². The molecule has 1 aromatic carbocycles. The highest BCUT2D eigenvalue weighted by Crippen LogP contribution is 2.23. The molecule has 1 saturated heterocycles. The van der Waals surface area contributed by atoms with Crippen molar-refractivity contribution in [2.24, 2.45) is 0 Å². The number of hydrogen-bond acceptors (Lipinski definition) is 4. The Balaban J connectivity index is 0.000000313. The van der Waals surface area contributed by atoms with E-state index in [9.17, 15) is 18.1 Å². The quantitative estimate of drug-likeness (QED) is 0.744. The van der Waals surface area contributed by atoms with Gasteiger partial charge in [-0.15, -0.1) is 0 Å². The molecule has 0 radical (unpaired) electrons. The highest BCUT2D eigenvalue weighted by atomic mass is 32.2. The fourth-order valence-corrected chi connectivity index (χ4v) is 4.16. The highest BCUT2D eigenvalue weighted by Gasteiger charge is 2.07. The van der Waals surface area contributed by atoms with E-state index in [4.69, 9.17) is 0 Å². The molecule has 1 fully saturated rings. The Bertz CT molecular complexity index is 716. The van der Waals surface area contributed by atoms with Gasteiger partial charge in [0.05, 0.1) is 6.61 Å². The van der Waals surface area contributed by atoms with Crippen LogP contribution in [0.1, 0.15) is 24.8 Å². The van der Waals surface area contributed by atoms with Gasteiger partial charge in [-0.05, 0) is 50.1 Å². The van der Waals surface area contributed by atoms with Gasteiger partial charge < -0.3 is 19.7 Å². The minimum Gasteiger partial charge on any atom is -0.508 e. The molecule has 3 rings (SSSR count). The van der Waals surface area contributed by atoms with Gasteiger partial charge in [-0.2, -0.15) is 8.78 Å². The first-order valence-electron chi connectivity index (χ1n) is 9.18. The van der Waals surface area contributed by atoms with Crippen molar-refractivity contribution in [1.29, 1.82) is 0 Å². The molecule has 1 aliphatic heterocycles. The lowest BCUT2D eigenvalue weighted by Gasteiger charge is -2.16. The molecule has 2 N–H and O–H groups in total. The topological polar surface area (TPSA) is 65.6 Å². The van der Waals surface area contributed by atoms with Crippen LogP contribution in [0.5, 0.6) is 5.75 Å². The number of H-pyrrole nitrogens is 1. The van der Waals surface area contributed by atoms with Crippen molar-refractivity contribution < 1.29 is 22.8 Å². The van der Waals surface area contributed by atoms with Gasteiger partial charge in [-0.1, -0.05) is 6.42 Å². The molecule has 0 aliphatic carbocycles. The van der Waals surface area contributed by atoms with Crippen molar-refractivity contribution >= 4 is 21.7 Å². The summed E-state index contributed by atoms with van der Waals surface area (Å²) >= 11 is 0. The second-order valence-corrected chi connectivity index (χ2v) is 8.33. The number of aromatic nitrogens is 1. The Kier molecular flexibility index (Phi) is 9.17. The average molecular weight is 403 g/mol. The molecule has 5 nitrogen and oxygen atoms in total. The number of aromatic hydroxyl groups is 1. The molecule has 0 unspecified atom stereocenters. The van der Waals surface area contributed by atoms with Crippen molar-refractivity contribution in [1.82, 2.24) is 9.88 Å². The van der Waals surface area contributed by atoms with E-state index in [2.05, 4.69) is 9.72 Å². The van der Waals surface area contributed by atoms with Crippen LogP contribution in [0.25, 0.3) is 10.9 Å². The largest absolute Gasteiger partial charge is 0.508 e. The number of likely N-dealkylation sites (N-methyl/N-ethyl adjacent to an activating group) is 1. The summed E-state index contributed by atoms with van der Waals surface area (Å²) in [5.41, 5.74) is 2.07. The summed E-state index contributed by atoms with van der Waals surface area (Å²) in [6.45, 7) is -1.50. The maximum Gasteiger partial charge on any atom is 0.345 e. The van der Waals surface area contributed by atoms with Crippen LogP contribution in [-0.2, 0) is 22.0 Å². The molecule has 8 heteroatoms. The summed E-state index contributed by atoms with van der Waals surface area (Å²) in [4.78, 5) is 5.08. The van der Waals surface area contributed by atoms with Gasteiger partial charge in [0.15, 0.2) is 0 Å². The molecule has 0 atom stereocenters. The Morgan fingerprint density at radius 3 is 2.63 bits per heavy atom. The monoisotopic (exact) mass is 402 g/mol. The fourth-order valence-electron chi connectivity index (χ4n) is 2.90. The number of fused-ring (bicyclic) bond motifs is 1. The van der Waals surface area contributed by atoms with Crippen molar-refractivity contribution in [2.75, 3.05) is 38.2 Å². The number of aromatic amines is 1. The van der Waals surface area contributed by atoms with Crippen LogP contribution >= 0.6 is 0 Å². The summed E-state index contributed by atoms with van der Waals surface area (Å²) in [5, 5.41) is 10.5. The number of alkyl halides is 2. The number of hydrogen-bond donors (Lipinski definition) is 2. The Morgan fingerprint density at radius 1 is 1.26 bits per heavy atom. The molecule has 152 valence electrons. The number of nitrogens with zero attached hydrogens (tertiary/aromatic N) is 1. The molecule has 1 aromatic heterocycles. The summed E-state index contributed by atoms with van der Waals surface area (Å²) in [6.07, 6.45) is 6.35. The Morgan fingerprint density at radius 2 is 2.00 bits per heavy atom. The number of phenolic OH excluding ortho intramolecular Hbond substituents is 1. The molecule has 2 aromatic rings. The maximum atomic E-state index is 11.8. The normalized spacial score (nSPS) is 15.3. The first-order valence-corrected chi connectivity index (χ1v) is 10.7. The number of ether oxygens (including phenoxy) is 1. The third-order valence-electron chi connectivity index (χ3n) is 4.47. The summed E-state index contributed by atoms with van der Waals surface area (Å²) in [5.74, 6) is 2.15. The Hall–Kier alpha value is -1.51. The van der Waals surface area contributed by atoms with Crippen molar-refractivity contribution in [3.8, 4) is 5.75 Å². The smallest absolute Gasteiger partial charge is 0.345 e. The number of halogens is 2. The van der Waals surface area contributed by atoms with Crippen LogP contribution in [-0.4, -0.2) is 64.1 Å². The minimum absolute atomic E-state index is 0.0167. The van der Waals surface area contributed by atoms with E-state index in [1.165, 1.54) is 19.3 Å². The van der Waals surface area contributed by atoms with Crippen LogP contribution in [0.15, 0.2) is 24.4 Å². The van der Waals surface area contributed by atoms with E-state index in [0.29, 0.717) is 6.54 Å². The molecule has 1 aliphatic rings. The third kappa shape index (κ3) is 7.94. The van der Waals surface area contributed by atoms with Gasteiger partial charge >= 0.3 is 6.61 Å². The standard InChI is InChI=1S/C14H18F2N2O2.C5H10OS/c1-18(6-7-20-14(15)16)5-4-10-9-17-13-3-2-11(19)8-12(10)13;6-7-4-2-1-3-5-7/h2-3,8-9,14,17,19H,4-7H2,1H3;1-5H2. The summed E-state index contributed by atoms with van der Waals surface area (Å²) in [6, 6.07) is 5.19. The van der Waals surface area contributed by atoms with E-state index >= 15 is 0 Å². The number of rotatable bonds is 7. The van der Waals surface area contributed by atoms with Crippen LogP contribution < -0.4 is 0 Å². The summed E-state index contributed by atoms with van der Waals surface area (Å²) in [7, 11) is 1.42. The van der Waals surface area contributed by atoms with Gasteiger partial charge in [-0.3, -0.25) is 4.21 Å². The first-order chi connectivity index (χ1) is 13.0. The van der Waals surface area contributed by atoms with E-state index in [1.54, 1.807) is 12.1 Å². The lowest BCUT2D eigenvalue weighted by atomic mass is 10.1. The van der Waals surface area contributed by atoms with E-state index in [0.717, 1.165) is 40.9 Å². The zero-order chi connectivity index (χ0) is 19.6. The lowest BCUT2D eigenvalue weighted by molar-refractivity contribution is -0.131. The maximum absolute atomic E-state index is 11.8. The molecule has 0 saturated carbocycles. The third-order valence-corrected chi connectivity index (χ3v) is 5.96. The van der Waals surface area contributed by atoms with E-state index in [1.807, 2.05) is 24.2 Å². The molecular weight excluding hydrogens is 374 g/mol. The fraction of sp³-hybridized carbons (Fsp3) is 0.579. The van der Waals surface area contributed by atoms with Gasteiger partial charge in [0.1, 0.15) is 5.75 Å². The average Bonchev–Trinajstić information content (AvgIpc) is 3.03. The SMILES string of the molecule is CN(CCOC(F)F)CCc1c[nH]c2ccc(O)cc12.O=S1CCCCC1.